The first kappa shape index (κ1) is 24.5. The Morgan fingerprint density at radius 3 is 2.53 bits per heavy atom. The number of piperidine rings is 1. The molecule has 1 atom stereocenters. The summed E-state index contributed by atoms with van der Waals surface area (Å²) in [7, 11) is 0. The summed E-state index contributed by atoms with van der Waals surface area (Å²) in [5.74, 6) is 2.54. The second kappa shape index (κ2) is 9.79. The topological polar surface area (TPSA) is 104 Å². The fourth-order valence-electron chi connectivity index (χ4n) is 5.68. The van der Waals surface area contributed by atoms with E-state index in [1.165, 1.54) is 23.5 Å². The Labute approximate surface area is 221 Å². The third kappa shape index (κ3) is 4.98. The van der Waals surface area contributed by atoms with Gasteiger partial charge in [-0.1, -0.05) is 6.07 Å². The highest BCUT2D eigenvalue weighted by atomic mass is 19.1. The van der Waals surface area contributed by atoms with Crippen LogP contribution in [0.15, 0.2) is 42.9 Å². The number of hydrogen-bond acceptors (Lipinski definition) is 8. The molecule has 0 unspecified atom stereocenters. The van der Waals surface area contributed by atoms with Crippen molar-refractivity contribution in [2.75, 3.05) is 36.4 Å². The maximum absolute atomic E-state index is 13.3. The van der Waals surface area contributed by atoms with Crippen LogP contribution in [0, 0.1) is 25.1 Å². The van der Waals surface area contributed by atoms with Crippen molar-refractivity contribution in [2.45, 2.75) is 46.1 Å². The minimum Gasteiger partial charge on any atom is -0.341 e. The monoisotopic (exact) mass is 516 g/mol. The van der Waals surface area contributed by atoms with Gasteiger partial charge in [0.2, 0.25) is 5.95 Å². The van der Waals surface area contributed by atoms with Gasteiger partial charge in [-0.2, -0.15) is 15.2 Å². The van der Waals surface area contributed by atoms with Crippen LogP contribution in [-0.2, 0) is 0 Å². The molecule has 0 radical (unpaired) electrons. The number of likely N-dealkylation sites (tertiary alicyclic amines) is 1. The third-order valence-corrected chi connectivity index (χ3v) is 7.97. The summed E-state index contributed by atoms with van der Waals surface area (Å²) in [6.07, 6.45) is 7.85. The van der Waals surface area contributed by atoms with Crippen molar-refractivity contribution in [1.82, 2.24) is 39.8 Å². The van der Waals surface area contributed by atoms with E-state index >= 15 is 0 Å². The highest BCUT2D eigenvalue weighted by molar-refractivity contribution is 5.54. The molecule has 4 aromatic rings. The zero-order valence-electron chi connectivity index (χ0n) is 22.0. The van der Waals surface area contributed by atoms with Gasteiger partial charge in [0.1, 0.15) is 5.82 Å². The number of aromatic amines is 1. The van der Waals surface area contributed by atoms with Crippen LogP contribution in [-0.4, -0.2) is 66.0 Å². The quantitative estimate of drug-likeness (QED) is 0.390. The van der Waals surface area contributed by atoms with Gasteiger partial charge in [-0.05, 0) is 63.6 Å². The van der Waals surface area contributed by atoms with Gasteiger partial charge in [-0.15, -0.1) is 0 Å². The maximum Gasteiger partial charge on any atom is 0.227 e. The van der Waals surface area contributed by atoms with Crippen molar-refractivity contribution >= 4 is 17.6 Å². The van der Waals surface area contributed by atoms with E-state index in [1.54, 1.807) is 0 Å². The summed E-state index contributed by atoms with van der Waals surface area (Å²) in [4.78, 5) is 18.9. The summed E-state index contributed by atoms with van der Waals surface area (Å²) in [6, 6.07) is 8.15. The van der Waals surface area contributed by atoms with E-state index in [-0.39, 0.29) is 11.9 Å². The molecule has 2 aliphatic rings. The minimum absolute atomic E-state index is 0.266. The second-order valence-electron chi connectivity index (χ2n) is 10.7. The van der Waals surface area contributed by atoms with Gasteiger partial charge in [-0.3, -0.25) is 10.00 Å². The molecule has 0 amide bonds. The lowest BCUT2D eigenvalue weighted by atomic mass is 9.78. The highest BCUT2D eigenvalue weighted by Gasteiger charge is 2.42. The normalized spacial score (nSPS) is 18.3. The fraction of sp³-hybridized carbons (Fsp3) is 0.444. The molecule has 0 bridgehead atoms. The van der Waals surface area contributed by atoms with Crippen LogP contribution >= 0.6 is 0 Å². The summed E-state index contributed by atoms with van der Waals surface area (Å²) < 4.78 is 14.8. The van der Waals surface area contributed by atoms with Crippen LogP contribution in [0.25, 0.3) is 5.82 Å². The Balaban J connectivity index is 1.08. The smallest absolute Gasteiger partial charge is 0.227 e. The van der Waals surface area contributed by atoms with E-state index in [2.05, 4.69) is 48.4 Å². The minimum atomic E-state index is -0.368. The van der Waals surface area contributed by atoms with Gasteiger partial charge in [-0.25, -0.2) is 19.0 Å². The number of H-pyrrole nitrogens is 1. The van der Waals surface area contributed by atoms with Crippen molar-refractivity contribution in [3.63, 3.8) is 0 Å². The Hall–Kier alpha value is -3.86. The molecule has 10 nitrogen and oxygen atoms in total. The fourth-order valence-corrected chi connectivity index (χ4v) is 5.68. The zero-order chi connectivity index (χ0) is 26.3. The van der Waals surface area contributed by atoms with E-state index in [0.29, 0.717) is 11.2 Å². The second-order valence-corrected chi connectivity index (χ2v) is 10.7. The van der Waals surface area contributed by atoms with Crippen LogP contribution in [0.2, 0.25) is 0 Å². The molecule has 11 heteroatoms. The molecule has 4 aromatic heterocycles. The molecular formula is C27H33FN10. The van der Waals surface area contributed by atoms with Crippen LogP contribution in [0.5, 0.6) is 0 Å². The molecule has 0 aliphatic carbocycles. The lowest BCUT2D eigenvalue weighted by Gasteiger charge is -2.40. The molecule has 2 fully saturated rings. The first-order valence-electron chi connectivity index (χ1n) is 13.2. The standard InChI is InChI=1S/C27H33FN10/c1-18-12-23(32-24-13-19(2)34-35-24)33-26(31-18)36-9-6-27(7-10-36)8-11-37(17-27)20(3)21-4-5-25(29-14-21)38-16-22(28)15-30-38/h4-5,12-16,20H,6-11,17H2,1-3H3,(H2,31,32,33,34,35)/t20-/m0/s1. The SMILES string of the molecule is Cc1cc(Nc2cc(C)[nH]n2)nc(N2CCC3(CC2)CCN([C@@H](C)c2ccc(-n4cc(F)cn4)nc2)C3)n1. The largest absolute Gasteiger partial charge is 0.341 e. The Kier molecular flexibility index (Phi) is 6.30. The van der Waals surface area contributed by atoms with Crippen molar-refractivity contribution in [2.24, 2.45) is 5.41 Å². The van der Waals surface area contributed by atoms with E-state index in [9.17, 15) is 4.39 Å². The van der Waals surface area contributed by atoms with Crippen LogP contribution in [0.4, 0.5) is 22.0 Å². The zero-order valence-corrected chi connectivity index (χ0v) is 22.0. The Bertz CT molecular complexity index is 1400. The number of pyridine rings is 1. The van der Waals surface area contributed by atoms with E-state index < -0.39 is 0 Å². The molecular weight excluding hydrogens is 483 g/mol. The van der Waals surface area contributed by atoms with Crippen molar-refractivity contribution in [1.29, 1.82) is 0 Å². The van der Waals surface area contributed by atoms with E-state index in [0.717, 1.165) is 73.6 Å². The summed E-state index contributed by atoms with van der Waals surface area (Å²) in [6.45, 7) is 10.3. The molecule has 2 aliphatic heterocycles. The van der Waals surface area contributed by atoms with E-state index in [4.69, 9.17) is 9.97 Å². The first-order chi connectivity index (χ1) is 18.4. The van der Waals surface area contributed by atoms with Crippen molar-refractivity contribution in [3.05, 3.63) is 65.6 Å². The first-order valence-corrected chi connectivity index (χ1v) is 13.2. The lowest BCUT2D eigenvalue weighted by Crippen LogP contribution is -2.42. The number of aryl methyl sites for hydroxylation is 2. The number of halogens is 1. The average Bonchev–Trinajstić information content (AvgIpc) is 3.64. The third-order valence-electron chi connectivity index (χ3n) is 7.97. The van der Waals surface area contributed by atoms with Gasteiger partial charge in [0.15, 0.2) is 17.5 Å². The molecule has 6 heterocycles. The Morgan fingerprint density at radius 2 is 1.84 bits per heavy atom. The number of nitrogens with one attached hydrogen (secondary N) is 2. The molecule has 0 aromatic carbocycles. The van der Waals surface area contributed by atoms with Gasteiger partial charge >= 0.3 is 0 Å². The number of rotatable bonds is 6. The highest BCUT2D eigenvalue weighted by Crippen LogP contribution is 2.43. The summed E-state index contributed by atoms with van der Waals surface area (Å²) in [5, 5.41) is 14.5. The average molecular weight is 517 g/mol. The van der Waals surface area contributed by atoms with Crippen molar-refractivity contribution < 1.29 is 4.39 Å². The van der Waals surface area contributed by atoms with Crippen LogP contribution < -0.4 is 10.2 Å². The molecule has 2 N–H and O–H groups in total. The predicted octanol–water partition coefficient (Wildman–Crippen LogP) is 4.33. The Morgan fingerprint density at radius 1 is 1.03 bits per heavy atom. The van der Waals surface area contributed by atoms with Crippen LogP contribution in [0.1, 0.15) is 49.2 Å². The van der Waals surface area contributed by atoms with Gasteiger partial charge in [0, 0.05) is 55.4 Å². The molecule has 6 rings (SSSR count). The number of anilines is 3. The number of aromatic nitrogens is 7. The number of hydrogen-bond donors (Lipinski definition) is 2. The van der Waals surface area contributed by atoms with Gasteiger partial charge in [0.25, 0.3) is 0 Å². The molecule has 1 spiro atoms. The summed E-state index contributed by atoms with van der Waals surface area (Å²) in [5.41, 5.74) is 3.42. The van der Waals surface area contributed by atoms with Gasteiger partial charge < -0.3 is 10.2 Å². The molecule has 198 valence electrons. The predicted molar refractivity (Wildman–Crippen MR) is 143 cm³/mol. The van der Waals surface area contributed by atoms with Crippen LogP contribution in [0.3, 0.4) is 0 Å². The summed E-state index contributed by atoms with van der Waals surface area (Å²) >= 11 is 0. The molecule has 0 saturated carbocycles. The number of nitrogens with zero attached hydrogens (tertiary/aromatic N) is 8. The van der Waals surface area contributed by atoms with E-state index in [1.807, 2.05) is 38.2 Å². The van der Waals surface area contributed by atoms with Crippen molar-refractivity contribution in [3.8, 4) is 5.82 Å². The maximum atomic E-state index is 13.3. The lowest BCUT2D eigenvalue weighted by molar-refractivity contribution is 0.183. The molecule has 2 saturated heterocycles. The molecule has 38 heavy (non-hydrogen) atoms. The van der Waals surface area contributed by atoms with Gasteiger partial charge in [0.05, 0.1) is 12.4 Å².